The van der Waals surface area contributed by atoms with Crippen LogP contribution >= 0.6 is 0 Å². The van der Waals surface area contributed by atoms with Crippen LogP contribution in [0.1, 0.15) is 6.42 Å². The molecule has 0 bridgehead atoms. The van der Waals surface area contributed by atoms with Crippen LogP contribution in [0.25, 0.3) is 0 Å². The lowest BCUT2D eigenvalue weighted by atomic mass is 10.1. The van der Waals surface area contributed by atoms with E-state index >= 15 is 0 Å². The predicted molar refractivity (Wildman–Crippen MR) is 101 cm³/mol. The van der Waals surface area contributed by atoms with Crippen LogP contribution in [0.4, 0.5) is 21.6 Å². The third kappa shape index (κ3) is 4.02. The Kier molecular flexibility index (Phi) is 5.02. The first-order chi connectivity index (χ1) is 12.8. The number of benzene rings is 1. The van der Waals surface area contributed by atoms with E-state index in [0.717, 1.165) is 5.82 Å². The molecular formula is C18H19FN6O2. The molecule has 3 rings (SSSR count). The van der Waals surface area contributed by atoms with Crippen molar-refractivity contribution in [3.63, 3.8) is 0 Å². The fourth-order valence-corrected chi connectivity index (χ4v) is 2.63. The molecule has 1 aliphatic rings. The topological polar surface area (TPSA) is 104 Å². The third-order valence-corrected chi connectivity index (χ3v) is 4.06. The highest BCUT2D eigenvalue weighted by Crippen LogP contribution is 2.25. The summed E-state index contributed by atoms with van der Waals surface area (Å²) >= 11 is 0. The molecule has 0 saturated carbocycles. The Morgan fingerprint density at radius 1 is 1.22 bits per heavy atom. The predicted octanol–water partition coefficient (Wildman–Crippen LogP) is 1.35. The number of amides is 2. The quantitative estimate of drug-likeness (QED) is 0.827. The zero-order valence-corrected chi connectivity index (χ0v) is 14.9. The first-order valence-corrected chi connectivity index (χ1v) is 8.21. The Morgan fingerprint density at radius 2 is 1.93 bits per heavy atom. The molecule has 27 heavy (non-hydrogen) atoms. The SMILES string of the molecule is CN(C)c1ccc(NC(=O)C2=NN(c3ccc(F)cc3)[C@@H](C(N)=O)C2)cn1. The summed E-state index contributed by atoms with van der Waals surface area (Å²) in [5, 5.41) is 8.26. The van der Waals surface area contributed by atoms with Gasteiger partial charge in [0.25, 0.3) is 5.91 Å². The van der Waals surface area contributed by atoms with Crippen LogP contribution in [-0.4, -0.2) is 42.6 Å². The van der Waals surface area contributed by atoms with E-state index in [0.29, 0.717) is 11.4 Å². The molecule has 9 heteroatoms. The number of nitrogens with one attached hydrogen (secondary N) is 1. The Morgan fingerprint density at radius 3 is 2.48 bits per heavy atom. The second-order valence-electron chi connectivity index (χ2n) is 6.24. The lowest BCUT2D eigenvalue weighted by Gasteiger charge is -2.20. The Labute approximate surface area is 155 Å². The summed E-state index contributed by atoms with van der Waals surface area (Å²) in [6, 6.07) is 8.12. The molecule has 1 aromatic heterocycles. The highest BCUT2D eigenvalue weighted by Gasteiger charge is 2.35. The maximum Gasteiger partial charge on any atom is 0.272 e. The van der Waals surface area contributed by atoms with Crippen molar-refractivity contribution in [3.05, 3.63) is 48.4 Å². The maximum absolute atomic E-state index is 13.1. The lowest BCUT2D eigenvalue weighted by Crippen LogP contribution is -2.39. The van der Waals surface area contributed by atoms with Crippen LogP contribution in [0, 0.1) is 5.82 Å². The fraction of sp³-hybridized carbons (Fsp3) is 0.222. The number of hydrogen-bond donors (Lipinski definition) is 2. The number of carbonyl (C=O) groups is 2. The molecule has 2 heterocycles. The zero-order chi connectivity index (χ0) is 19.6. The normalized spacial score (nSPS) is 16.0. The number of aromatic nitrogens is 1. The molecular weight excluding hydrogens is 351 g/mol. The number of rotatable bonds is 5. The summed E-state index contributed by atoms with van der Waals surface area (Å²) in [6.45, 7) is 0. The molecule has 1 aliphatic heterocycles. The molecule has 140 valence electrons. The van der Waals surface area contributed by atoms with E-state index in [9.17, 15) is 14.0 Å². The summed E-state index contributed by atoms with van der Waals surface area (Å²) < 4.78 is 13.1. The van der Waals surface area contributed by atoms with E-state index in [2.05, 4.69) is 15.4 Å². The molecule has 3 N–H and O–H groups in total. The number of halogens is 1. The number of pyridine rings is 1. The van der Waals surface area contributed by atoms with Gasteiger partial charge >= 0.3 is 0 Å². The minimum atomic E-state index is -0.814. The van der Waals surface area contributed by atoms with Gasteiger partial charge in [-0.05, 0) is 36.4 Å². The lowest BCUT2D eigenvalue weighted by molar-refractivity contribution is -0.119. The monoisotopic (exact) mass is 370 g/mol. The minimum Gasteiger partial charge on any atom is -0.368 e. The summed E-state index contributed by atoms with van der Waals surface area (Å²) in [5.74, 6) is -0.736. The van der Waals surface area contributed by atoms with Gasteiger partial charge in [0.2, 0.25) is 5.91 Å². The van der Waals surface area contributed by atoms with Crippen LogP contribution in [0.5, 0.6) is 0 Å². The number of primary amides is 1. The average Bonchev–Trinajstić information content (AvgIpc) is 3.08. The fourth-order valence-electron chi connectivity index (χ4n) is 2.63. The van der Waals surface area contributed by atoms with Crippen molar-refractivity contribution in [3.8, 4) is 0 Å². The van der Waals surface area contributed by atoms with Crippen molar-refractivity contribution >= 4 is 34.7 Å². The molecule has 0 fully saturated rings. The van der Waals surface area contributed by atoms with Gasteiger partial charge in [0, 0.05) is 20.5 Å². The third-order valence-electron chi connectivity index (χ3n) is 4.06. The number of hydrazone groups is 1. The van der Waals surface area contributed by atoms with E-state index < -0.39 is 23.7 Å². The molecule has 1 atom stereocenters. The van der Waals surface area contributed by atoms with Crippen molar-refractivity contribution < 1.29 is 14.0 Å². The van der Waals surface area contributed by atoms with Crippen LogP contribution < -0.4 is 21.0 Å². The summed E-state index contributed by atoms with van der Waals surface area (Å²) in [7, 11) is 3.73. The second kappa shape index (κ2) is 7.40. The standard InChI is InChI=1S/C18H19FN6O2/c1-24(2)16-8-5-12(10-21-16)22-18(27)14-9-15(17(20)26)25(23-14)13-6-3-11(19)4-7-13/h3-8,10,15H,9H2,1-2H3,(H2,20,26)(H,22,27)/t15-/m1/s1. The van der Waals surface area contributed by atoms with Gasteiger partial charge in [-0.3, -0.25) is 14.6 Å². The highest BCUT2D eigenvalue weighted by atomic mass is 19.1. The molecule has 0 spiro atoms. The van der Waals surface area contributed by atoms with Crippen LogP contribution in [0.2, 0.25) is 0 Å². The van der Waals surface area contributed by atoms with Gasteiger partial charge in [0.15, 0.2) is 0 Å². The number of anilines is 3. The minimum absolute atomic E-state index is 0.0573. The van der Waals surface area contributed by atoms with Crippen molar-refractivity contribution in [2.75, 3.05) is 29.3 Å². The molecule has 1 aromatic carbocycles. The Hall–Kier alpha value is -3.49. The first-order valence-electron chi connectivity index (χ1n) is 8.21. The Balaban J connectivity index is 1.78. The molecule has 0 saturated heterocycles. The van der Waals surface area contributed by atoms with Gasteiger partial charge in [-0.15, -0.1) is 0 Å². The average molecular weight is 370 g/mol. The maximum atomic E-state index is 13.1. The van der Waals surface area contributed by atoms with Crippen LogP contribution in [-0.2, 0) is 9.59 Å². The zero-order valence-electron chi connectivity index (χ0n) is 14.9. The van der Waals surface area contributed by atoms with Gasteiger partial charge in [-0.1, -0.05) is 0 Å². The van der Waals surface area contributed by atoms with Crippen LogP contribution in [0.15, 0.2) is 47.7 Å². The van der Waals surface area contributed by atoms with Gasteiger partial charge in [-0.2, -0.15) is 5.10 Å². The van der Waals surface area contributed by atoms with E-state index in [1.165, 1.54) is 35.5 Å². The van der Waals surface area contributed by atoms with E-state index in [1.54, 1.807) is 12.1 Å². The van der Waals surface area contributed by atoms with Crippen molar-refractivity contribution in [1.82, 2.24) is 4.98 Å². The summed E-state index contributed by atoms with van der Waals surface area (Å²) in [6.07, 6.45) is 1.59. The number of carbonyl (C=O) groups excluding carboxylic acids is 2. The molecule has 2 amide bonds. The molecule has 2 aromatic rings. The number of hydrogen-bond acceptors (Lipinski definition) is 6. The highest BCUT2D eigenvalue weighted by molar-refractivity contribution is 6.44. The Bertz CT molecular complexity index is 880. The van der Waals surface area contributed by atoms with Gasteiger partial charge in [0.05, 0.1) is 17.6 Å². The number of nitrogens with two attached hydrogens (primary N) is 1. The first kappa shape index (κ1) is 18.3. The van der Waals surface area contributed by atoms with E-state index in [1.807, 2.05) is 19.0 Å². The molecule has 8 nitrogen and oxygen atoms in total. The summed E-state index contributed by atoms with van der Waals surface area (Å²) in [5.41, 5.74) is 6.57. The second-order valence-corrected chi connectivity index (χ2v) is 6.24. The van der Waals surface area contributed by atoms with Crippen LogP contribution in [0.3, 0.4) is 0 Å². The van der Waals surface area contributed by atoms with Crippen molar-refractivity contribution in [2.45, 2.75) is 12.5 Å². The summed E-state index contributed by atoms with van der Waals surface area (Å²) in [4.78, 5) is 30.3. The van der Waals surface area contributed by atoms with Crippen molar-refractivity contribution in [2.24, 2.45) is 10.8 Å². The molecule has 0 unspecified atom stereocenters. The van der Waals surface area contributed by atoms with Gasteiger partial charge in [0.1, 0.15) is 23.4 Å². The van der Waals surface area contributed by atoms with Crippen molar-refractivity contribution in [1.29, 1.82) is 0 Å². The largest absolute Gasteiger partial charge is 0.368 e. The van der Waals surface area contributed by atoms with Gasteiger partial charge < -0.3 is 16.0 Å². The van der Waals surface area contributed by atoms with E-state index in [4.69, 9.17) is 5.73 Å². The van der Waals surface area contributed by atoms with E-state index in [-0.39, 0.29) is 12.1 Å². The molecule has 0 aliphatic carbocycles. The smallest absolute Gasteiger partial charge is 0.272 e. The molecule has 0 radical (unpaired) electrons. The van der Waals surface area contributed by atoms with Gasteiger partial charge in [-0.25, -0.2) is 9.37 Å². The number of nitrogens with zero attached hydrogens (tertiary/aromatic N) is 4.